The molecule has 1 fully saturated rings. The van der Waals surface area contributed by atoms with Crippen molar-refractivity contribution in [2.24, 2.45) is 0 Å². The van der Waals surface area contributed by atoms with Crippen LogP contribution in [0.2, 0.25) is 0 Å². The van der Waals surface area contributed by atoms with Crippen LogP contribution in [0.4, 0.5) is 5.69 Å². The smallest absolute Gasteiger partial charge is 0.261 e. The number of nitrogens with one attached hydrogen (secondary N) is 2. The largest absolute Gasteiger partial charge is 0.378 e. The quantitative estimate of drug-likeness (QED) is 0.727. The SMILES string of the molecule is O=C(CNC(=O)c1ccc(Br)s1)NCc1ccc(N2CCOCC2)cc1. The van der Waals surface area contributed by atoms with E-state index in [1.807, 2.05) is 12.1 Å². The lowest BCUT2D eigenvalue weighted by atomic mass is 10.2. The Kier molecular flexibility index (Phi) is 6.65. The van der Waals surface area contributed by atoms with Gasteiger partial charge in [0.15, 0.2) is 0 Å². The fourth-order valence-corrected chi connectivity index (χ4v) is 3.90. The highest BCUT2D eigenvalue weighted by atomic mass is 79.9. The van der Waals surface area contributed by atoms with E-state index in [-0.39, 0.29) is 18.4 Å². The Bertz CT molecular complexity index is 757. The predicted molar refractivity (Wildman–Crippen MR) is 106 cm³/mol. The first-order valence-electron chi connectivity index (χ1n) is 8.34. The molecule has 1 aliphatic rings. The van der Waals surface area contributed by atoms with Crippen LogP contribution in [-0.4, -0.2) is 44.7 Å². The van der Waals surface area contributed by atoms with Gasteiger partial charge in [-0.15, -0.1) is 11.3 Å². The van der Waals surface area contributed by atoms with Crippen LogP contribution >= 0.6 is 27.3 Å². The summed E-state index contributed by atoms with van der Waals surface area (Å²) in [6.07, 6.45) is 0. The highest BCUT2D eigenvalue weighted by molar-refractivity contribution is 9.11. The molecule has 6 nitrogen and oxygen atoms in total. The predicted octanol–water partition coefficient (Wildman–Crippen LogP) is 2.39. The molecule has 2 aromatic rings. The van der Waals surface area contributed by atoms with Gasteiger partial charge in [0.2, 0.25) is 5.91 Å². The molecular weight excluding hydrogens is 418 g/mol. The minimum Gasteiger partial charge on any atom is -0.378 e. The van der Waals surface area contributed by atoms with Gasteiger partial charge in [-0.3, -0.25) is 9.59 Å². The molecule has 0 radical (unpaired) electrons. The van der Waals surface area contributed by atoms with Crippen molar-refractivity contribution in [1.82, 2.24) is 10.6 Å². The zero-order valence-corrected chi connectivity index (χ0v) is 16.6. The Morgan fingerprint density at radius 3 is 2.46 bits per heavy atom. The molecule has 0 aliphatic carbocycles. The number of ether oxygens (including phenoxy) is 1. The molecule has 3 rings (SSSR count). The van der Waals surface area contributed by atoms with Crippen molar-refractivity contribution >= 4 is 44.8 Å². The van der Waals surface area contributed by atoms with Crippen LogP contribution in [0.1, 0.15) is 15.2 Å². The molecule has 0 spiro atoms. The van der Waals surface area contributed by atoms with Crippen LogP contribution in [0.3, 0.4) is 0 Å². The van der Waals surface area contributed by atoms with Crippen molar-refractivity contribution in [2.45, 2.75) is 6.54 Å². The van der Waals surface area contributed by atoms with Gasteiger partial charge >= 0.3 is 0 Å². The van der Waals surface area contributed by atoms with E-state index in [0.29, 0.717) is 11.4 Å². The summed E-state index contributed by atoms with van der Waals surface area (Å²) in [6, 6.07) is 11.7. The zero-order chi connectivity index (χ0) is 18.4. The number of hydrogen-bond acceptors (Lipinski definition) is 5. The van der Waals surface area contributed by atoms with Gasteiger partial charge < -0.3 is 20.3 Å². The minimum atomic E-state index is -0.245. The minimum absolute atomic E-state index is 0.0415. The van der Waals surface area contributed by atoms with Crippen molar-refractivity contribution in [3.63, 3.8) is 0 Å². The van der Waals surface area contributed by atoms with E-state index in [1.54, 1.807) is 12.1 Å². The first kappa shape index (κ1) is 18.9. The Balaban J connectivity index is 1.41. The molecular formula is C18H20BrN3O3S. The molecule has 138 valence electrons. The van der Waals surface area contributed by atoms with Gasteiger partial charge in [0.1, 0.15) is 0 Å². The molecule has 1 aromatic carbocycles. The van der Waals surface area contributed by atoms with Crippen LogP contribution in [0, 0.1) is 0 Å². The molecule has 2 amide bonds. The van der Waals surface area contributed by atoms with Crippen LogP contribution in [0.15, 0.2) is 40.2 Å². The molecule has 0 saturated carbocycles. The summed E-state index contributed by atoms with van der Waals surface area (Å²) < 4.78 is 6.24. The highest BCUT2D eigenvalue weighted by Gasteiger charge is 2.12. The van der Waals surface area contributed by atoms with Crippen molar-refractivity contribution in [1.29, 1.82) is 0 Å². The highest BCUT2D eigenvalue weighted by Crippen LogP contribution is 2.21. The third kappa shape index (κ3) is 5.30. The molecule has 0 atom stereocenters. The van der Waals surface area contributed by atoms with E-state index >= 15 is 0 Å². The van der Waals surface area contributed by atoms with Gasteiger partial charge in [-0.25, -0.2) is 0 Å². The van der Waals surface area contributed by atoms with Crippen molar-refractivity contribution in [3.05, 3.63) is 50.6 Å². The van der Waals surface area contributed by atoms with E-state index in [1.165, 1.54) is 11.3 Å². The van der Waals surface area contributed by atoms with Gasteiger partial charge in [0.25, 0.3) is 5.91 Å². The number of morpholine rings is 1. The lowest BCUT2D eigenvalue weighted by molar-refractivity contribution is -0.120. The van der Waals surface area contributed by atoms with Gasteiger partial charge in [-0.1, -0.05) is 12.1 Å². The molecule has 2 N–H and O–H groups in total. The van der Waals surface area contributed by atoms with Crippen LogP contribution in [0.5, 0.6) is 0 Å². The summed E-state index contributed by atoms with van der Waals surface area (Å²) in [7, 11) is 0. The molecule has 0 bridgehead atoms. The first-order chi connectivity index (χ1) is 12.6. The normalized spacial score (nSPS) is 14.1. The summed E-state index contributed by atoms with van der Waals surface area (Å²) >= 11 is 4.64. The van der Waals surface area contributed by atoms with Gasteiger partial charge in [-0.05, 0) is 45.8 Å². The summed E-state index contributed by atoms with van der Waals surface area (Å²) in [4.78, 5) is 26.7. The number of hydrogen-bond donors (Lipinski definition) is 2. The van der Waals surface area contributed by atoms with Gasteiger partial charge in [0.05, 0.1) is 28.4 Å². The second kappa shape index (κ2) is 9.16. The van der Waals surface area contributed by atoms with E-state index < -0.39 is 0 Å². The molecule has 1 aromatic heterocycles. The molecule has 0 unspecified atom stereocenters. The van der Waals surface area contributed by atoms with E-state index in [2.05, 4.69) is 43.6 Å². The fourth-order valence-electron chi connectivity index (χ4n) is 2.59. The monoisotopic (exact) mass is 437 g/mol. The number of benzene rings is 1. The van der Waals surface area contributed by atoms with Crippen LogP contribution in [-0.2, 0) is 16.1 Å². The lowest BCUT2D eigenvalue weighted by Crippen LogP contribution is -2.36. The maximum atomic E-state index is 11.9. The summed E-state index contributed by atoms with van der Waals surface area (Å²) in [5.41, 5.74) is 2.18. The fraction of sp³-hybridized carbons (Fsp3) is 0.333. The zero-order valence-electron chi connectivity index (χ0n) is 14.2. The first-order valence-corrected chi connectivity index (χ1v) is 9.94. The van der Waals surface area contributed by atoms with Crippen LogP contribution < -0.4 is 15.5 Å². The van der Waals surface area contributed by atoms with Crippen LogP contribution in [0.25, 0.3) is 0 Å². The second-order valence-electron chi connectivity index (χ2n) is 5.83. The molecule has 2 heterocycles. The van der Waals surface area contributed by atoms with Crippen molar-refractivity contribution in [2.75, 3.05) is 37.7 Å². The van der Waals surface area contributed by atoms with Crippen molar-refractivity contribution in [3.8, 4) is 0 Å². The topological polar surface area (TPSA) is 70.7 Å². The molecule has 1 aliphatic heterocycles. The Hall–Kier alpha value is -1.90. The number of nitrogens with zero attached hydrogens (tertiary/aromatic N) is 1. The van der Waals surface area contributed by atoms with Gasteiger partial charge in [-0.2, -0.15) is 0 Å². The Morgan fingerprint density at radius 2 is 1.81 bits per heavy atom. The summed E-state index contributed by atoms with van der Waals surface area (Å²) in [5, 5.41) is 5.44. The third-order valence-electron chi connectivity index (χ3n) is 4.01. The Labute approximate surface area is 164 Å². The number of thiophene rings is 1. The Morgan fingerprint density at radius 1 is 1.08 bits per heavy atom. The number of rotatable bonds is 6. The second-order valence-corrected chi connectivity index (χ2v) is 8.29. The molecule has 1 saturated heterocycles. The van der Waals surface area contributed by atoms with E-state index in [4.69, 9.17) is 4.74 Å². The van der Waals surface area contributed by atoms with Crippen molar-refractivity contribution < 1.29 is 14.3 Å². The van der Waals surface area contributed by atoms with Gasteiger partial charge in [0, 0.05) is 25.3 Å². The maximum absolute atomic E-state index is 11.9. The van der Waals surface area contributed by atoms with E-state index in [9.17, 15) is 9.59 Å². The lowest BCUT2D eigenvalue weighted by Gasteiger charge is -2.28. The summed E-state index contributed by atoms with van der Waals surface area (Å²) in [5.74, 6) is -0.461. The third-order valence-corrected chi connectivity index (χ3v) is 5.63. The number of amides is 2. The maximum Gasteiger partial charge on any atom is 0.261 e. The number of halogens is 1. The number of carbonyl (C=O) groups is 2. The molecule has 26 heavy (non-hydrogen) atoms. The number of carbonyl (C=O) groups excluding carboxylic acids is 2. The molecule has 8 heteroatoms. The average Bonchev–Trinajstić information content (AvgIpc) is 3.12. The number of anilines is 1. The standard InChI is InChI=1S/C18H20BrN3O3S/c19-16-6-5-15(26-16)18(24)21-12-17(23)20-11-13-1-3-14(4-2-13)22-7-9-25-10-8-22/h1-6H,7-12H2,(H,20,23)(H,21,24). The van der Waals surface area contributed by atoms with E-state index in [0.717, 1.165) is 41.3 Å². The summed E-state index contributed by atoms with van der Waals surface area (Å²) in [6.45, 7) is 3.70. The average molecular weight is 438 g/mol.